The number of aromatic nitrogens is 2. The van der Waals surface area contributed by atoms with Crippen molar-refractivity contribution in [1.82, 2.24) is 10.2 Å². The molecular formula is C23H30ClN3O. The van der Waals surface area contributed by atoms with Gasteiger partial charge in [0.2, 0.25) is 0 Å². The number of halogens is 1. The van der Waals surface area contributed by atoms with Gasteiger partial charge in [0.15, 0.2) is 5.15 Å². The Morgan fingerprint density at radius 1 is 1.07 bits per heavy atom. The van der Waals surface area contributed by atoms with Crippen LogP contribution in [0.4, 0.5) is 5.69 Å². The molecule has 1 saturated carbocycles. The molecule has 1 saturated heterocycles. The first-order valence-corrected chi connectivity index (χ1v) is 10.7. The fourth-order valence-electron chi connectivity index (χ4n) is 4.86. The maximum atomic E-state index is 6.49. The first kappa shape index (κ1) is 19.5. The molecule has 150 valence electrons. The lowest BCUT2D eigenvalue weighted by molar-refractivity contribution is 0.241. The van der Waals surface area contributed by atoms with E-state index in [0.717, 1.165) is 29.8 Å². The largest absolute Gasteiger partial charge is 0.435 e. The van der Waals surface area contributed by atoms with Gasteiger partial charge < -0.3 is 9.64 Å². The molecule has 0 spiro atoms. The smallest absolute Gasteiger partial charge is 0.262 e. The zero-order valence-corrected chi connectivity index (χ0v) is 18.3. The van der Waals surface area contributed by atoms with Gasteiger partial charge in [0.25, 0.3) is 5.88 Å². The highest BCUT2D eigenvalue weighted by Crippen LogP contribution is 2.49. The Kier molecular flexibility index (Phi) is 4.81. The highest BCUT2D eigenvalue weighted by atomic mass is 35.5. The summed E-state index contributed by atoms with van der Waals surface area (Å²) in [5.41, 5.74) is 3.30. The van der Waals surface area contributed by atoms with Gasteiger partial charge in [-0.25, -0.2) is 0 Å². The van der Waals surface area contributed by atoms with Crippen LogP contribution in [0.1, 0.15) is 76.8 Å². The molecule has 0 bridgehead atoms. The van der Waals surface area contributed by atoms with E-state index in [1.807, 2.05) is 6.07 Å². The molecule has 5 heteroatoms. The van der Waals surface area contributed by atoms with E-state index in [2.05, 4.69) is 67.9 Å². The first-order chi connectivity index (χ1) is 13.2. The predicted molar refractivity (Wildman–Crippen MR) is 115 cm³/mol. The lowest BCUT2D eigenvalue weighted by Crippen LogP contribution is -2.59. The van der Waals surface area contributed by atoms with E-state index in [1.54, 1.807) is 0 Å². The number of rotatable bonds is 4. The minimum atomic E-state index is -0.0166. The number of para-hydroxylation sites is 1. The average Bonchev–Trinajstić information content (AvgIpc) is 3.42. The lowest BCUT2D eigenvalue weighted by Gasteiger charge is -2.54. The third-order valence-electron chi connectivity index (χ3n) is 6.20. The van der Waals surface area contributed by atoms with Crippen LogP contribution in [-0.4, -0.2) is 21.3 Å². The molecule has 2 aromatic rings. The second-order valence-corrected chi connectivity index (χ2v) is 9.93. The highest BCUT2D eigenvalue weighted by molar-refractivity contribution is 6.29. The van der Waals surface area contributed by atoms with Crippen molar-refractivity contribution in [2.45, 2.75) is 83.7 Å². The molecule has 4 rings (SSSR count). The van der Waals surface area contributed by atoms with Crippen molar-refractivity contribution < 1.29 is 4.74 Å². The zero-order valence-electron chi connectivity index (χ0n) is 17.6. The van der Waals surface area contributed by atoms with Gasteiger partial charge in [-0.15, -0.1) is 10.2 Å². The molecule has 0 unspecified atom stereocenters. The van der Waals surface area contributed by atoms with Crippen molar-refractivity contribution in [3.05, 3.63) is 40.5 Å². The van der Waals surface area contributed by atoms with Gasteiger partial charge in [0.1, 0.15) is 11.4 Å². The molecule has 0 amide bonds. The van der Waals surface area contributed by atoms with Gasteiger partial charge in [-0.3, -0.25) is 0 Å². The monoisotopic (exact) mass is 399 g/mol. The topological polar surface area (TPSA) is 38.3 Å². The van der Waals surface area contributed by atoms with Crippen LogP contribution < -0.4 is 9.64 Å². The summed E-state index contributed by atoms with van der Waals surface area (Å²) in [6.07, 6.45) is 5.90. The van der Waals surface area contributed by atoms with Crippen LogP contribution in [-0.2, 0) is 0 Å². The highest BCUT2D eigenvalue weighted by Gasteiger charge is 2.43. The summed E-state index contributed by atoms with van der Waals surface area (Å²) in [6, 6.07) is 8.30. The summed E-state index contributed by atoms with van der Waals surface area (Å²) in [7, 11) is 0. The fourth-order valence-corrected chi connectivity index (χ4v) is 5.00. The van der Waals surface area contributed by atoms with Gasteiger partial charge >= 0.3 is 0 Å². The van der Waals surface area contributed by atoms with Gasteiger partial charge in [-0.1, -0.05) is 29.8 Å². The summed E-state index contributed by atoms with van der Waals surface area (Å²) >= 11 is 6.29. The molecule has 1 aromatic carbocycles. The fraction of sp³-hybridized carbons (Fsp3) is 0.565. The second-order valence-electron chi connectivity index (χ2n) is 9.54. The number of nitrogens with zero attached hydrogens (tertiary/aromatic N) is 3. The van der Waals surface area contributed by atoms with Crippen molar-refractivity contribution in [1.29, 1.82) is 0 Å². The summed E-state index contributed by atoms with van der Waals surface area (Å²) in [5, 5.41) is 8.90. The number of ether oxygens (including phenoxy) is 1. The van der Waals surface area contributed by atoms with Crippen LogP contribution in [0, 0.1) is 6.92 Å². The number of aryl methyl sites for hydroxylation is 1. The zero-order chi connectivity index (χ0) is 20.1. The molecule has 2 fully saturated rings. The van der Waals surface area contributed by atoms with Crippen LogP contribution >= 0.6 is 11.6 Å². The minimum Gasteiger partial charge on any atom is -0.435 e. The maximum Gasteiger partial charge on any atom is 0.262 e. The van der Waals surface area contributed by atoms with E-state index >= 15 is 0 Å². The SMILES string of the molecule is Cc1cccc(C2CC2)c1Oc1nnc(Cl)cc1N1C(C)(C)CCCC1(C)C. The number of anilines is 1. The Morgan fingerprint density at radius 2 is 1.75 bits per heavy atom. The van der Waals surface area contributed by atoms with Crippen LogP contribution in [0.15, 0.2) is 24.3 Å². The van der Waals surface area contributed by atoms with Crippen LogP contribution in [0.5, 0.6) is 11.6 Å². The van der Waals surface area contributed by atoms with Crippen molar-refractivity contribution in [3.63, 3.8) is 0 Å². The van der Waals surface area contributed by atoms with Gasteiger partial charge in [-0.05, 0) is 83.8 Å². The van der Waals surface area contributed by atoms with Crippen molar-refractivity contribution in [3.8, 4) is 11.6 Å². The van der Waals surface area contributed by atoms with E-state index in [1.165, 1.54) is 24.8 Å². The molecule has 1 aliphatic carbocycles. The Bertz CT molecular complexity index is 873. The van der Waals surface area contributed by atoms with E-state index < -0.39 is 0 Å². The number of benzene rings is 1. The Hall–Kier alpha value is -1.81. The van der Waals surface area contributed by atoms with Gasteiger partial charge in [-0.2, -0.15) is 0 Å². The predicted octanol–water partition coefficient (Wildman–Crippen LogP) is 6.66. The summed E-state index contributed by atoms with van der Waals surface area (Å²) in [4.78, 5) is 2.44. The van der Waals surface area contributed by atoms with Crippen LogP contribution in [0.2, 0.25) is 5.15 Å². The number of piperidine rings is 1. The molecule has 0 N–H and O–H groups in total. The van der Waals surface area contributed by atoms with Crippen LogP contribution in [0.25, 0.3) is 0 Å². The number of hydrogen-bond acceptors (Lipinski definition) is 4. The Balaban J connectivity index is 1.80. The maximum absolute atomic E-state index is 6.49. The second kappa shape index (κ2) is 6.91. The summed E-state index contributed by atoms with van der Waals surface area (Å²) in [6.45, 7) is 11.2. The third-order valence-corrected chi connectivity index (χ3v) is 6.38. The standard InChI is InChI=1S/C23H30ClN3O/c1-15-8-6-9-17(16-10-11-16)20(15)28-21-18(14-19(24)25-26-21)27-22(2,3)12-7-13-23(27,4)5/h6,8-9,14,16H,7,10-13H2,1-5H3. The molecule has 28 heavy (non-hydrogen) atoms. The molecule has 4 nitrogen and oxygen atoms in total. The Labute approximate surface area is 173 Å². The summed E-state index contributed by atoms with van der Waals surface area (Å²) < 4.78 is 6.49. The molecule has 2 heterocycles. The molecule has 0 radical (unpaired) electrons. The van der Waals surface area contributed by atoms with Crippen LogP contribution in [0.3, 0.4) is 0 Å². The van der Waals surface area contributed by atoms with Gasteiger partial charge in [0, 0.05) is 17.1 Å². The lowest BCUT2D eigenvalue weighted by atomic mass is 9.79. The molecule has 0 atom stereocenters. The van der Waals surface area contributed by atoms with Crippen molar-refractivity contribution in [2.75, 3.05) is 4.90 Å². The number of hydrogen-bond donors (Lipinski definition) is 0. The average molecular weight is 400 g/mol. The normalized spacial score (nSPS) is 20.9. The van der Waals surface area contributed by atoms with E-state index in [4.69, 9.17) is 16.3 Å². The molecular weight excluding hydrogens is 370 g/mol. The summed E-state index contributed by atoms with van der Waals surface area (Å²) in [5.74, 6) is 2.07. The quantitative estimate of drug-likeness (QED) is 0.576. The molecule has 1 aliphatic heterocycles. The van der Waals surface area contributed by atoms with E-state index in [-0.39, 0.29) is 11.1 Å². The third kappa shape index (κ3) is 3.59. The minimum absolute atomic E-state index is 0.0166. The molecule has 1 aromatic heterocycles. The Morgan fingerprint density at radius 3 is 2.39 bits per heavy atom. The first-order valence-electron chi connectivity index (χ1n) is 10.3. The molecule has 2 aliphatic rings. The van der Waals surface area contributed by atoms with E-state index in [9.17, 15) is 0 Å². The van der Waals surface area contributed by atoms with Gasteiger partial charge in [0.05, 0.1) is 0 Å². The van der Waals surface area contributed by atoms with Crippen molar-refractivity contribution in [2.24, 2.45) is 0 Å². The van der Waals surface area contributed by atoms with E-state index in [0.29, 0.717) is 17.0 Å². The van der Waals surface area contributed by atoms with Crippen molar-refractivity contribution >= 4 is 17.3 Å².